The Bertz CT molecular complexity index is 433. The highest BCUT2D eigenvalue weighted by atomic mass is 16.5. The van der Waals surface area contributed by atoms with Crippen molar-refractivity contribution in [2.45, 2.75) is 39.7 Å². The average molecular weight is 276 g/mol. The number of aryl methyl sites for hydroxylation is 2. The first-order valence-corrected chi connectivity index (χ1v) is 7.74. The van der Waals surface area contributed by atoms with E-state index >= 15 is 0 Å². The fourth-order valence-electron chi connectivity index (χ4n) is 2.71. The summed E-state index contributed by atoms with van der Waals surface area (Å²) < 4.78 is 5.90. The van der Waals surface area contributed by atoms with Crippen LogP contribution in [0.2, 0.25) is 0 Å². The van der Waals surface area contributed by atoms with Gasteiger partial charge in [0.15, 0.2) is 0 Å². The third-order valence-corrected chi connectivity index (χ3v) is 4.32. The molecule has 1 aromatic carbocycles. The van der Waals surface area contributed by atoms with Crippen LogP contribution in [-0.4, -0.2) is 37.2 Å². The molecule has 20 heavy (non-hydrogen) atoms. The molecular weight excluding hydrogens is 248 g/mol. The van der Waals surface area contributed by atoms with E-state index in [-0.39, 0.29) is 0 Å². The summed E-state index contributed by atoms with van der Waals surface area (Å²) in [5, 5.41) is 0. The van der Waals surface area contributed by atoms with Crippen LogP contribution in [0.25, 0.3) is 0 Å². The van der Waals surface area contributed by atoms with Crippen LogP contribution in [0, 0.1) is 19.8 Å². The van der Waals surface area contributed by atoms with Crippen molar-refractivity contribution in [3.8, 4) is 5.75 Å². The minimum Gasteiger partial charge on any atom is -0.493 e. The molecule has 1 aliphatic rings. The third-order valence-electron chi connectivity index (χ3n) is 4.32. The van der Waals surface area contributed by atoms with Crippen LogP contribution in [0.4, 0.5) is 0 Å². The van der Waals surface area contributed by atoms with Crippen LogP contribution in [0.3, 0.4) is 0 Å². The van der Waals surface area contributed by atoms with Gasteiger partial charge in [-0.05, 0) is 56.3 Å². The van der Waals surface area contributed by atoms with E-state index in [1.165, 1.54) is 24.1 Å². The molecule has 2 N–H and O–H groups in total. The van der Waals surface area contributed by atoms with Gasteiger partial charge < -0.3 is 15.4 Å². The fraction of sp³-hybridized carbons (Fsp3) is 0.647. The molecule has 0 bridgehead atoms. The Morgan fingerprint density at radius 1 is 1.35 bits per heavy atom. The van der Waals surface area contributed by atoms with Crippen molar-refractivity contribution in [1.82, 2.24) is 4.90 Å². The van der Waals surface area contributed by atoms with Crippen LogP contribution in [0.5, 0.6) is 5.75 Å². The largest absolute Gasteiger partial charge is 0.493 e. The topological polar surface area (TPSA) is 38.5 Å². The first-order valence-electron chi connectivity index (χ1n) is 7.74. The molecule has 2 unspecified atom stereocenters. The van der Waals surface area contributed by atoms with Crippen molar-refractivity contribution in [1.29, 1.82) is 0 Å². The molecule has 3 heteroatoms. The first-order chi connectivity index (χ1) is 9.56. The minimum absolute atomic E-state index is 0.337. The molecule has 2 rings (SSSR count). The second-order valence-electron chi connectivity index (χ2n) is 6.20. The van der Waals surface area contributed by atoms with Gasteiger partial charge in [-0.15, -0.1) is 0 Å². The number of nitrogens with zero attached hydrogens (tertiary/aromatic N) is 1. The smallest absolute Gasteiger partial charge is 0.122 e. The molecule has 2 atom stereocenters. The third kappa shape index (κ3) is 4.22. The minimum atomic E-state index is 0.337. The Balaban J connectivity index is 1.70. The number of benzene rings is 1. The number of hydrogen-bond acceptors (Lipinski definition) is 3. The Hall–Kier alpha value is -1.06. The molecule has 112 valence electrons. The number of hydrogen-bond donors (Lipinski definition) is 1. The van der Waals surface area contributed by atoms with Gasteiger partial charge in [0, 0.05) is 19.1 Å². The number of ether oxygens (including phenoxy) is 1. The molecular formula is C17H28N2O. The highest BCUT2D eigenvalue weighted by Gasteiger charge is 2.22. The molecule has 3 nitrogen and oxygen atoms in total. The number of likely N-dealkylation sites (tertiary alicyclic amines) is 1. The van der Waals surface area contributed by atoms with E-state index in [0.717, 1.165) is 31.9 Å². The molecule has 0 radical (unpaired) electrons. The van der Waals surface area contributed by atoms with Crippen molar-refractivity contribution >= 4 is 0 Å². The summed E-state index contributed by atoms with van der Waals surface area (Å²) in [7, 11) is 0. The van der Waals surface area contributed by atoms with Crippen LogP contribution in [0.15, 0.2) is 18.2 Å². The highest BCUT2D eigenvalue weighted by Crippen LogP contribution is 2.19. The van der Waals surface area contributed by atoms with E-state index in [2.05, 4.69) is 43.9 Å². The van der Waals surface area contributed by atoms with E-state index < -0.39 is 0 Å². The molecule has 1 fully saturated rings. The van der Waals surface area contributed by atoms with Gasteiger partial charge in [-0.1, -0.05) is 19.1 Å². The Morgan fingerprint density at radius 3 is 2.90 bits per heavy atom. The number of rotatable bonds is 5. The molecule has 0 aromatic heterocycles. The summed E-state index contributed by atoms with van der Waals surface area (Å²) in [6, 6.07) is 6.70. The molecule has 1 saturated heterocycles. The van der Waals surface area contributed by atoms with E-state index in [9.17, 15) is 0 Å². The van der Waals surface area contributed by atoms with Gasteiger partial charge in [0.2, 0.25) is 0 Å². The Labute approximate surface area is 123 Å². The normalized spacial score (nSPS) is 23.8. The van der Waals surface area contributed by atoms with Gasteiger partial charge >= 0.3 is 0 Å². The van der Waals surface area contributed by atoms with Crippen LogP contribution in [-0.2, 0) is 0 Å². The Kier molecular flexibility index (Phi) is 5.44. The summed E-state index contributed by atoms with van der Waals surface area (Å²) in [6.07, 6.45) is 2.29. The van der Waals surface area contributed by atoms with Crippen LogP contribution < -0.4 is 10.5 Å². The molecule has 0 spiro atoms. The van der Waals surface area contributed by atoms with Gasteiger partial charge in [0.25, 0.3) is 0 Å². The van der Waals surface area contributed by atoms with Crippen LogP contribution in [0.1, 0.15) is 30.9 Å². The lowest BCUT2D eigenvalue weighted by Crippen LogP contribution is -2.47. The second kappa shape index (κ2) is 7.09. The lowest BCUT2D eigenvalue weighted by atomic mass is 9.94. The highest BCUT2D eigenvalue weighted by molar-refractivity contribution is 5.35. The lowest BCUT2D eigenvalue weighted by Gasteiger charge is -2.35. The van der Waals surface area contributed by atoms with Gasteiger partial charge in [-0.3, -0.25) is 0 Å². The van der Waals surface area contributed by atoms with Gasteiger partial charge in [-0.2, -0.15) is 0 Å². The molecule has 1 heterocycles. The SMILES string of the molecule is Cc1ccc(C)c(OCCCN2CCC(C)C(N)C2)c1. The first kappa shape index (κ1) is 15.3. The maximum absolute atomic E-state index is 6.13. The second-order valence-corrected chi connectivity index (χ2v) is 6.20. The van der Waals surface area contributed by atoms with Crippen molar-refractivity contribution < 1.29 is 4.74 Å². The summed E-state index contributed by atoms with van der Waals surface area (Å²) in [5.74, 6) is 1.69. The monoisotopic (exact) mass is 276 g/mol. The van der Waals surface area contributed by atoms with Crippen LogP contribution >= 0.6 is 0 Å². The van der Waals surface area contributed by atoms with Crippen molar-refractivity contribution in [2.75, 3.05) is 26.2 Å². The predicted octanol–water partition coefficient (Wildman–Crippen LogP) is 2.74. The quantitative estimate of drug-likeness (QED) is 0.840. The molecule has 0 saturated carbocycles. The van der Waals surface area contributed by atoms with Gasteiger partial charge in [0.05, 0.1) is 6.61 Å². The standard InChI is InChI=1S/C17H28N2O/c1-13-5-6-15(3)17(11-13)20-10-4-8-19-9-7-14(2)16(18)12-19/h5-6,11,14,16H,4,7-10,12,18H2,1-3H3. The summed E-state index contributed by atoms with van der Waals surface area (Å²) in [4.78, 5) is 2.47. The summed E-state index contributed by atoms with van der Waals surface area (Å²) in [5.41, 5.74) is 8.59. The van der Waals surface area contributed by atoms with Crippen molar-refractivity contribution in [2.24, 2.45) is 11.7 Å². The molecule has 1 aliphatic heterocycles. The number of nitrogens with two attached hydrogens (primary N) is 1. The predicted molar refractivity (Wildman–Crippen MR) is 84.2 cm³/mol. The van der Waals surface area contributed by atoms with E-state index in [1.54, 1.807) is 0 Å². The van der Waals surface area contributed by atoms with Gasteiger partial charge in [-0.25, -0.2) is 0 Å². The molecule has 1 aromatic rings. The van der Waals surface area contributed by atoms with Gasteiger partial charge in [0.1, 0.15) is 5.75 Å². The van der Waals surface area contributed by atoms with Crippen molar-refractivity contribution in [3.05, 3.63) is 29.3 Å². The van der Waals surface area contributed by atoms with E-state index in [4.69, 9.17) is 10.5 Å². The maximum atomic E-state index is 6.13. The maximum Gasteiger partial charge on any atom is 0.122 e. The van der Waals surface area contributed by atoms with Crippen molar-refractivity contribution in [3.63, 3.8) is 0 Å². The van der Waals surface area contributed by atoms with E-state index in [0.29, 0.717) is 12.0 Å². The fourth-order valence-corrected chi connectivity index (χ4v) is 2.71. The summed E-state index contributed by atoms with van der Waals surface area (Å²) in [6.45, 7) is 10.5. The number of piperidine rings is 1. The zero-order valence-corrected chi connectivity index (χ0v) is 13.1. The van der Waals surface area contributed by atoms with E-state index in [1.807, 2.05) is 0 Å². The Morgan fingerprint density at radius 2 is 2.15 bits per heavy atom. The zero-order chi connectivity index (χ0) is 14.5. The molecule has 0 amide bonds. The molecule has 0 aliphatic carbocycles. The summed E-state index contributed by atoms with van der Waals surface area (Å²) >= 11 is 0. The zero-order valence-electron chi connectivity index (χ0n) is 13.1. The lowest BCUT2D eigenvalue weighted by molar-refractivity contribution is 0.157. The average Bonchev–Trinajstić information content (AvgIpc) is 2.42.